The highest BCUT2D eigenvalue weighted by atomic mass is 15.0. The minimum Gasteiger partial charge on any atom is -0.309 e. The summed E-state index contributed by atoms with van der Waals surface area (Å²) in [4.78, 5) is 0. The summed E-state index contributed by atoms with van der Waals surface area (Å²) in [6.07, 6.45) is 0. The van der Waals surface area contributed by atoms with E-state index in [1.165, 1.54) is 76.9 Å². The van der Waals surface area contributed by atoms with Gasteiger partial charge in [0.1, 0.15) is 0 Å². The standard InChI is InChI=1S/C40H26N2/c1-3-13-27(14-4-1)34-26-30(25-28-15-7-8-18-31(28)34)42-36-22-12-10-20-33(36)40-38(42)24-23-37-39(40)32-19-9-11-21-35(32)41(37)29-16-5-2-6-17-29/h1-26H. The lowest BCUT2D eigenvalue weighted by molar-refractivity contribution is 1.17. The zero-order chi connectivity index (χ0) is 27.6. The first-order valence-electron chi connectivity index (χ1n) is 14.5. The Morgan fingerprint density at radius 2 is 0.833 bits per heavy atom. The van der Waals surface area contributed by atoms with E-state index in [2.05, 4.69) is 167 Å². The summed E-state index contributed by atoms with van der Waals surface area (Å²) in [7, 11) is 0. The Morgan fingerprint density at radius 1 is 0.333 bits per heavy atom. The van der Waals surface area contributed by atoms with Crippen molar-refractivity contribution in [1.29, 1.82) is 0 Å². The SMILES string of the molecule is c1ccc(-c2cc(-n3c4ccccc4c4c5c6ccccc6n(-c6ccccc6)c5ccc43)cc3ccccc23)cc1. The van der Waals surface area contributed by atoms with Crippen LogP contribution in [0.25, 0.3) is 76.9 Å². The molecule has 0 atom stereocenters. The van der Waals surface area contributed by atoms with E-state index in [1.54, 1.807) is 0 Å². The van der Waals surface area contributed by atoms with Gasteiger partial charge in [-0.2, -0.15) is 0 Å². The molecule has 0 fully saturated rings. The molecule has 0 amide bonds. The number of hydrogen-bond acceptors (Lipinski definition) is 0. The molecule has 9 rings (SSSR count). The first-order chi connectivity index (χ1) is 20.9. The lowest BCUT2D eigenvalue weighted by Crippen LogP contribution is -1.96. The molecule has 0 saturated heterocycles. The van der Waals surface area contributed by atoms with Crippen molar-refractivity contribution in [2.75, 3.05) is 0 Å². The summed E-state index contributed by atoms with van der Waals surface area (Å²) in [6, 6.07) is 57.1. The van der Waals surface area contributed by atoms with Crippen LogP contribution in [-0.2, 0) is 0 Å². The third-order valence-electron chi connectivity index (χ3n) is 8.68. The number of nitrogens with zero attached hydrogens (tertiary/aromatic N) is 2. The molecule has 0 saturated carbocycles. The highest BCUT2D eigenvalue weighted by Crippen LogP contribution is 2.43. The van der Waals surface area contributed by atoms with Gasteiger partial charge in [-0.1, -0.05) is 109 Å². The van der Waals surface area contributed by atoms with Gasteiger partial charge in [0, 0.05) is 32.9 Å². The van der Waals surface area contributed by atoms with Gasteiger partial charge in [-0.15, -0.1) is 0 Å². The number of benzene rings is 7. The van der Waals surface area contributed by atoms with E-state index in [0.29, 0.717) is 0 Å². The van der Waals surface area contributed by atoms with E-state index >= 15 is 0 Å². The minimum atomic E-state index is 1.17. The molecule has 196 valence electrons. The first kappa shape index (κ1) is 23.1. The van der Waals surface area contributed by atoms with Gasteiger partial charge in [-0.25, -0.2) is 0 Å². The fourth-order valence-corrected chi connectivity index (χ4v) is 6.93. The van der Waals surface area contributed by atoms with Crippen LogP contribution >= 0.6 is 0 Å². The van der Waals surface area contributed by atoms with E-state index in [-0.39, 0.29) is 0 Å². The molecule has 0 bridgehead atoms. The number of aromatic nitrogens is 2. The summed E-state index contributed by atoms with van der Waals surface area (Å²) in [6.45, 7) is 0. The van der Waals surface area contributed by atoms with Crippen LogP contribution in [-0.4, -0.2) is 9.13 Å². The Morgan fingerprint density at radius 3 is 1.48 bits per heavy atom. The highest BCUT2D eigenvalue weighted by molar-refractivity contribution is 6.29. The lowest BCUT2D eigenvalue weighted by atomic mass is 9.97. The Labute approximate surface area is 243 Å². The zero-order valence-corrected chi connectivity index (χ0v) is 22.9. The van der Waals surface area contributed by atoms with Crippen LogP contribution in [0.1, 0.15) is 0 Å². The summed E-state index contributed by atoms with van der Waals surface area (Å²) in [5, 5.41) is 7.63. The minimum absolute atomic E-state index is 1.17. The van der Waals surface area contributed by atoms with Crippen molar-refractivity contribution in [3.05, 3.63) is 158 Å². The van der Waals surface area contributed by atoms with E-state index in [1.807, 2.05) is 0 Å². The Bertz CT molecular complexity index is 2440. The van der Waals surface area contributed by atoms with Gasteiger partial charge < -0.3 is 9.13 Å². The number of rotatable bonds is 3. The lowest BCUT2D eigenvalue weighted by Gasteiger charge is -2.14. The predicted octanol–water partition coefficient (Wildman–Crippen LogP) is 10.7. The van der Waals surface area contributed by atoms with Crippen LogP contribution in [0.2, 0.25) is 0 Å². The second-order valence-corrected chi connectivity index (χ2v) is 11.0. The van der Waals surface area contributed by atoms with E-state index in [9.17, 15) is 0 Å². The molecular formula is C40H26N2. The van der Waals surface area contributed by atoms with Crippen molar-refractivity contribution in [3.8, 4) is 22.5 Å². The second kappa shape index (κ2) is 8.95. The molecule has 0 aliphatic heterocycles. The number of fused-ring (bicyclic) bond motifs is 8. The third-order valence-corrected chi connectivity index (χ3v) is 8.68. The Kier molecular flexibility index (Phi) is 4.93. The fraction of sp³-hybridized carbons (Fsp3) is 0. The Hall–Kier alpha value is -5.60. The number of hydrogen-bond donors (Lipinski definition) is 0. The molecule has 42 heavy (non-hydrogen) atoms. The molecule has 0 unspecified atom stereocenters. The highest BCUT2D eigenvalue weighted by Gasteiger charge is 2.20. The normalized spacial score (nSPS) is 11.8. The molecule has 2 nitrogen and oxygen atoms in total. The summed E-state index contributed by atoms with van der Waals surface area (Å²) >= 11 is 0. The van der Waals surface area contributed by atoms with Crippen molar-refractivity contribution in [2.45, 2.75) is 0 Å². The largest absolute Gasteiger partial charge is 0.309 e. The van der Waals surface area contributed by atoms with Gasteiger partial charge in [-0.05, 0) is 70.4 Å². The predicted molar refractivity (Wildman–Crippen MR) is 178 cm³/mol. The van der Waals surface area contributed by atoms with Crippen LogP contribution in [0, 0.1) is 0 Å². The van der Waals surface area contributed by atoms with Crippen molar-refractivity contribution in [1.82, 2.24) is 9.13 Å². The smallest absolute Gasteiger partial charge is 0.0548 e. The van der Waals surface area contributed by atoms with E-state index in [4.69, 9.17) is 0 Å². The van der Waals surface area contributed by atoms with Crippen LogP contribution < -0.4 is 0 Å². The Balaban J connectivity index is 1.44. The molecule has 0 radical (unpaired) electrons. The molecule has 9 aromatic rings. The van der Waals surface area contributed by atoms with Gasteiger partial charge in [0.05, 0.1) is 22.1 Å². The topological polar surface area (TPSA) is 9.86 Å². The fourth-order valence-electron chi connectivity index (χ4n) is 6.93. The monoisotopic (exact) mass is 534 g/mol. The quantitative estimate of drug-likeness (QED) is 0.213. The maximum absolute atomic E-state index is 2.46. The van der Waals surface area contributed by atoms with Gasteiger partial charge in [-0.3, -0.25) is 0 Å². The molecule has 0 N–H and O–H groups in total. The maximum atomic E-state index is 2.46. The summed E-state index contributed by atoms with van der Waals surface area (Å²) < 4.78 is 4.86. The average molecular weight is 535 g/mol. The van der Waals surface area contributed by atoms with Gasteiger partial charge >= 0.3 is 0 Å². The molecule has 0 aliphatic rings. The van der Waals surface area contributed by atoms with Crippen LogP contribution in [0.5, 0.6) is 0 Å². The third kappa shape index (κ3) is 3.27. The molecule has 2 heteroatoms. The second-order valence-electron chi connectivity index (χ2n) is 11.0. The van der Waals surface area contributed by atoms with Gasteiger partial charge in [0.25, 0.3) is 0 Å². The van der Waals surface area contributed by atoms with Crippen LogP contribution in [0.3, 0.4) is 0 Å². The summed E-state index contributed by atoms with van der Waals surface area (Å²) in [5.41, 5.74) is 9.70. The van der Waals surface area contributed by atoms with Crippen LogP contribution in [0.4, 0.5) is 0 Å². The first-order valence-corrected chi connectivity index (χ1v) is 14.5. The van der Waals surface area contributed by atoms with Gasteiger partial charge in [0.2, 0.25) is 0 Å². The maximum Gasteiger partial charge on any atom is 0.0548 e. The molecule has 0 aliphatic carbocycles. The van der Waals surface area contributed by atoms with E-state index in [0.717, 1.165) is 0 Å². The van der Waals surface area contributed by atoms with Gasteiger partial charge in [0.15, 0.2) is 0 Å². The molecule has 2 heterocycles. The van der Waals surface area contributed by atoms with Crippen molar-refractivity contribution in [3.63, 3.8) is 0 Å². The van der Waals surface area contributed by atoms with Crippen molar-refractivity contribution >= 4 is 54.4 Å². The van der Waals surface area contributed by atoms with Crippen molar-refractivity contribution in [2.24, 2.45) is 0 Å². The molecule has 7 aromatic carbocycles. The molecule has 2 aromatic heterocycles. The zero-order valence-electron chi connectivity index (χ0n) is 22.9. The van der Waals surface area contributed by atoms with Crippen LogP contribution in [0.15, 0.2) is 158 Å². The summed E-state index contributed by atoms with van der Waals surface area (Å²) in [5.74, 6) is 0. The molecular weight excluding hydrogens is 508 g/mol. The molecule has 0 spiro atoms. The van der Waals surface area contributed by atoms with Crippen molar-refractivity contribution < 1.29 is 0 Å². The average Bonchev–Trinajstić information content (AvgIpc) is 3.58. The van der Waals surface area contributed by atoms with E-state index < -0.39 is 0 Å². The number of para-hydroxylation sites is 3.